The van der Waals surface area contributed by atoms with Gasteiger partial charge in [0.15, 0.2) is 0 Å². The summed E-state index contributed by atoms with van der Waals surface area (Å²) in [6, 6.07) is 9.79. The number of hydrazone groups is 1. The van der Waals surface area contributed by atoms with Crippen LogP contribution in [0.1, 0.15) is 15.9 Å². The molecule has 0 spiro atoms. The van der Waals surface area contributed by atoms with Crippen LogP contribution < -0.4 is 14.9 Å². The molecule has 2 rings (SSSR count). The van der Waals surface area contributed by atoms with E-state index in [-0.39, 0.29) is 11.3 Å². The molecule has 2 aromatic rings. The molecule has 1 amide bonds. The number of carbonyl (C=O) groups is 1. The van der Waals surface area contributed by atoms with Gasteiger partial charge in [0.2, 0.25) is 0 Å². The molecule has 0 saturated carbocycles. The topological polar surface area (TPSA) is 80.2 Å². The lowest BCUT2D eigenvalue weighted by molar-refractivity contribution is 0.0952. The second kappa shape index (κ2) is 7.64. The highest BCUT2D eigenvalue weighted by Crippen LogP contribution is 2.23. The Bertz CT molecular complexity index is 747. The number of amides is 1. The standard InChI is InChI=1S/C16H15BrN2O4/c1-22-12-4-6-15(23-2)10(7-12)9-18-19-16(21)13-8-11(17)3-5-14(13)20/h3-9,20H,1-2H3,(H,19,21)/b18-9+. The Hall–Kier alpha value is -2.54. The molecule has 120 valence electrons. The molecule has 2 N–H and O–H groups in total. The maximum Gasteiger partial charge on any atom is 0.275 e. The largest absolute Gasteiger partial charge is 0.507 e. The third-order valence-electron chi connectivity index (χ3n) is 3.01. The summed E-state index contributed by atoms with van der Waals surface area (Å²) in [6.45, 7) is 0. The minimum absolute atomic E-state index is 0.120. The number of aromatic hydroxyl groups is 1. The van der Waals surface area contributed by atoms with Crippen LogP contribution in [0.15, 0.2) is 46.0 Å². The molecule has 7 heteroatoms. The lowest BCUT2D eigenvalue weighted by atomic mass is 10.2. The van der Waals surface area contributed by atoms with E-state index in [1.807, 2.05) is 0 Å². The lowest BCUT2D eigenvalue weighted by Crippen LogP contribution is -2.17. The van der Waals surface area contributed by atoms with Crippen molar-refractivity contribution in [2.45, 2.75) is 0 Å². The van der Waals surface area contributed by atoms with Crippen molar-refractivity contribution < 1.29 is 19.4 Å². The van der Waals surface area contributed by atoms with Gasteiger partial charge in [-0.2, -0.15) is 5.10 Å². The fraction of sp³-hybridized carbons (Fsp3) is 0.125. The van der Waals surface area contributed by atoms with Gasteiger partial charge in [-0.05, 0) is 36.4 Å². The van der Waals surface area contributed by atoms with Crippen LogP contribution in [0, 0.1) is 0 Å². The highest BCUT2D eigenvalue weighted by Gasteiger charge is 2.10. The molecule has 23 heavy (non-hydrogen) atoms. The Morgan fingerprint density at radius 2 is 2.00 bits per heavy atom. The van der Waals surface area contributed by atoms with Gasteiger partial charge >= 0.3 is 0 Å². The van der Waals surface area contributed by atoms with E-state index in [0.717, 1.165) is 0 Å². The van der Waals surface area contributed by atoms with E-state index in [9.17, 15) is 9.90 Å². The van der Waals surface area contributed by atoms with Crippen LogP contribution in [0.25, 0.3) is 0 Å². The molecule has 0 aliphatic rings. The zero-order valence-corrected chi connectivity index (χ0v) is 14.1. The molecular formula is C16H15BrN2O4. The monoisotopic (exact) mass is 378 g/mol. The number of carbonyl (C=O) groups excluding carboxylic acids is 1. The number of halogens is 1. The third kappa shape index (κ3) is 4.23. The zero-order valence-electron chi connectivity index (χ0n) is 12.5. The summed E-state index contributed by atoms with van der Waals surface area (Å²) in [5.41, 5.74) is 3.12. The first-order chi connectivity index (χ1) is 11.0. The maximum atomic E-state index is 12.0. The van der Waals surface area contributed by atoms with Crippen molar-refractivity contribution in [2.24, 2.45) is 5.10 Å². The predicted molar refractivity (Wildman–Crippen MR) is 90.4 cm³/mol. The number of nitrogens with one attached hydrogen (secondary N) is 1. The number of phenolic OH excluding ortho intramolecular Hbond substituents is 1. The predicted octanol–water partition coefficient (Wildman–Crippen LogP) is 2.94. The van der Waals surface area contributed by atoms with E-state index < -0.39 is 5.91 Å². The average molecular weight is 379 g/mol. The minimum atomic E-state index is -0.526. The Labute approximate surface area is 141 Å². The number of phenols is 1. The molecule has 6 nitrogen and oxygen atoms in total. The fourth-order valence-electron chi connectivity index (χ4n) is 1.85. The van der Waals surface area contributed by atoms with Crippen molar-refractivity contribution in [1.29, 1.82) is 0 Å². The van der Waals surface area contributed by atoms with Crippen molar-refractivity contribution in [1.82, 2.24) is 5.43 Å². The van der Waals surface area contributed by atoms with Crippen molar-refractivity contribution in [3.05, 3.63) is 52.0 Å². The maximum absolute atomic E-state index is 12.0. The van der Waals surface area contributed by atoms with Gasteiger partial charge in [-0.25, -0.2) is 5.43 Å². The fourth-order valence-corrected chi connectivity index (χ4v) is 2.21. The van der Waals surface area contributed by atoms with Gasteiger partial charge in [-0.3, -0.25) is 4.79 Å². The first-order valence-electron chi connectivity index (χ1n) is 6.59. The van der Waals surface area contributed by atoms with Gasteiger partial charge in [0.1, 0.15) is 17.2 Å². The van der Waals surface area contributed by atoms with Crippen LogP contribution in [0.3, 0.4) is 0 Å². The van der Waals surface area contributed by atoms with E-state index in [1.54, 1.807) is 31.4 Å². The highest BCUT2D eigenvalue weighted by atomic mass is 79.9. The molecule has 0 saturated heterocycles. The van der Waals surface area contributed by atoms with Gasteiger partial charge in [0, 0.05) is 10.0 Å². The van der Waals surface area contributed by atoms with Crippen molar-refractivity contribution >= 4 is 28.1 Å². The molecule has 2 aromatic carbocycles. The number of nitrogens with zero attached hydrogens (tertiary/aromatic N) is 1. The number of methoxy groups -OCH3 is 2. The highest BCUT2D eigenvalue weighted by molar-refractivity contribution is 9.10. The first-order valence-corrected chi connectivity index (χ1v) is 7.38. The number of hydrogen-bond donors (Lipinski definition) is 2. The number of rotatable bonds is 5. The average Bonchev–Trinajstić information content (AvgIpc) is 2.56. The van der Waals surface area contributed by atoms with Gasteiger partial charge in [-0.1, -0.05) is 15.9 Å². The number of benzene rings is 2. The lowest BCUT2D eigenvalue weighted by Gasteiger charge is -2.07. The molecule has 0 aromatic heterocycles. The zero-order chi connectivity index (χ0) is 16.8. The molecule has 0 aliphatic heterocycles. The third-order valence-corrected chi connectivity index (χ3v) is 3.50. The minimum Gasteiger partial charge on any atom is -0.507 e. The summed E-state index contributed by atoms with van der Waals surface area (Å²) < 4.78 is 11.0. The van der Waals surface area contributed by atoms with Gasteiger partial charge in [0.05, 0.1) is 26.0 Å². The van der Waals surface area contributed by atoms with E-state index >= 15 is 0 Å². The van der Waals surface area contributed by atoms with E-state index in [4.69, 9.17) is 9.47 Å². The summed E-state index contributed by atoms with van der Waals surface area (Å²) >= 11 is 3.24. The Morgan fingerprint density at radius 3 is 2.70 bits per heavy atom. The molecule has 0 unspecified atom stereocenters. The Balaban J connectivity index is 2.15. The van der Waals surface area contributed by atoms with Crippen LogP contribution in [0.5, 0.6) is 17.2 Å². The summed E-state index contributed by atoms with van der Waals surface area (Å²) in [4.78, 5) is 12.0. The Morgan fingerprint density at radius 1 is 1.22 bits per heavy atom. The van der Waals surface area contributed by atoms with Crippen LogP contribution in [-0.2, 0) is 0 Å². The van der Waals surface area contributed by atoms with Gasteiger partial charge < -0.3 is 14.6 Å². The van der Waals surface area contributed by atoms with Crippen LogP contribution >= 0.6 is 15.9 Å². The molecule has 0 bridgehead atoms. The van der Waals surface area contributed by atoms with Gasteiger partial charge in [0.25, 0.3) is 5.91 Å². The van der Waals surface area contributed by atoms with Crippen LogP contribution in [0.4, 0.5) is 0 Å². The van der Waals surface area contributed by atoms with Crippen molar-refractivity contribution in [3.8, 4) is 17.2 Å². The van der Waals surface area contributed by atoms with Crippen molar-refractivity contribution in [2.75, 3.05) is 14.2 Å². The number of hydrogen-bond acceptors (Lipinski definition) is 5. The molecule has 0 atom stereocenters. The molecule has 0 fully saturated rings. The normalized spacial score (nSPS) is 10.6. The Kier molecular flexibility index (Phi) is 5.59. The second-order valence-corrected chi connectivity index (χ2v) is 5.38. The van der Waals surface area contributed by atoms with Gasteiger partial charge in [-0.15, -0.1) is 0 Å². The van der Waals surface area contributed by atoms with Crippen molar-refractivity contribution in [3.63, 3.8) is 0 Å². The summed E-state index contributed by atoms with van der Waals surface area (Å²) in [6.07, 6.45) is 1.44. The summed E-state index contributed by atoms with van der Waals surface area (Å²) in [7, 11) is 3.10. The second-order valence-electron chi connectivity index (χ2n) is 4.47. The molecule has 0 radical (unpaired) electrons. The van der Waals surface area contributed by atoms with Crippen LogP contribution in [0.2, 0.25) is 0 Å². The smallest absolute Gasteiger partial charge is 0.275 e. The SMILES string of the molecule is COc1ccc(OC)c(/C=N/NC(=O)c2cc(Br)ccc2O)c1. The first kappa shape index (κ1) is 16.8. The van der Waals surface area contributed by atoms with Crippen LogP contribution in [-0.4, -0.2) is 31.4 Å². The summed E-state index contributed by atoms with van der Waals surface area (Å²) in [5.74, 6) is 0.582. The quantitative estimate of drug-likeness (QED) is 0.619. The molecular weight excluding hydrogens is 364 g/mol. The number of ether oxygens (including phenoxy) is 2. The van der Waals surface area contributed by atoms with E-state index in [0.29, 0.717) is 21.5 Å². The van der Waals surface area contributed by atoms with E-state index in [1.165, 1.54) is 25.5 Å². The molecule has 0 heterocycles. The summed E-state index contributed by atoms with van der Waals surface area (Å²) in [5, 5.41) is 13.6. The molecule has 0 aliphatic carbocycles. The van der Waals surface area contributed by atoms with E-state index in [2.05, 4.69) is 26.5 Å².